The summed E-state index contributed by atoms with van der Waals surface area (Å²) in [5.41, 5.74) is 1.41. The summed E-state index contributed by atoms with van der Waals surface area (Å²) in [6, 6.07) is 9.41. The van der Waals surface area contributed by atoms with E-state index in [1.807, 2.05) is 12.1 Å². The summed E-state index contributed by atoms with van der Waals surface area (Å²) >= 11 is 0. The van der Waals surface area contributed by atoms with E-state index in [0.29, 0.717) is 12.5 Å². The van der Waals surface area contributed by atoms with E-state index in [-0.39, 0.29) is 5.69 Å². The van der Waals surface area contributed by atoms with Gasteiger partial charge in [0, 0.05) is 43.4 Å². The van der Waals surface area contributed by atoms with Crippen LogP contribution in [0.25, 0.3) is 0 Å². The lowest BCUT2D eigenvalue weighted by atomic mass is 9.96. The zero-order valence-electron chi connectivity index (χ0n) is 14.3. The van der Waals surface area contributed by atoms with Gasteiger partial charge < -0.3 is 15.5 Å². The van der Waals surface area contributed by atoms with Crippen molar-refractivity contribution in [3.05, 3.63) is 54.6 Å². The SMILES string of the molecule is O=C(NCC1CCN(c2ccncc2)CC1)C(=O)Nc1cccc(F)c1. The first-order chi connectivity index (χ1) is 12.6. The Labute approximate surface area is 151 Å². The Morgan fingerprint density at radius 2 is 1.85 bits per heavy atom. The fraction of sp³-hybridized carbons (Fsp3) is 0.316. The Hall–Kier alpha value is -2.96. The van der Waals surface area contributed by atoms with E-state index in [4.69, 9.17) is 0 Å². The molecule has 0 aliphatic carbocycles. The molecule has 1 fully saturated rings. The minimum atomic E-state index is -0.787. The number of hydrogen-bond acceptors (Lipinski definition) is 4. The Balaban J connectivity index is 1.42. The van der Waals surface area contributed by atoms with Crippen LogP contribution in [0, 0.1) is 11.7 Å². The van der Waals surface area contributed by atoms with Gasteiger partial charge in [-0.25, -0.2) is 4.39 Å². The Morgan fingerprint density at radius 1 is 1.12 bits per heavy atom. The van der Waals surface area contributed by atoms with Gasteiger partial charge in [-0.15, -0.1) is 0 Å². The molecule has 2 aromatic rings. The number of rotatable bonds is 4. The fourth-order valence-electron chi connectivity index (χ4n) is 3.02. The third-order valence-corrected chi connectivity index (χ3v) is 4.48. The van der Waals surface area contributed by atoms with Crippen molar-refractivity contribution in [1.29, 1.82) is 0 Å². The van der Waals surface area contributed by atoms with Gasteiger partial charge in [-0.05, 0) is 49.1 Å². The maximum Gasteiger partial charge on any atom is 0.313 e. The van der Waals surface area contributed by atoms with Crippen molar-refractivity contribution in [2.75, 3.05) is 29.9 Å². The second-order valence-corrected chi connectivity index (χ2v) is 6.31. The summed E-state index contributed by atoms with van der Waals surface area (Å²) in [5, 5.41) is 5.06. The van der Waals surface area contributed by atoms with Crippen LogP contribution in [0.5, 0.6) is 0 Å². The van der Waals surface area contributed by atoms with Gasteiger partial charge in [0.1, 0.15) is 5.82 Å². The van der Waals surface area contributed by atoms with Crippen molar-refractivity contribution in [3.63, 3.8) is 0 Å². The lowest BCUT2D eigenvalue weighted by Crippen LogP contribution is -2.41. The number of anilines is 2. The minimum absolute atomic E-state index is 0.260. The number of halogens is 1. The molecular formula is C19H21FN4O2. The molecule has 0 atom stereocenters. The highest BCUT2D eigenvalue weighted by Crippen LogP contribution is 2.22. The summed E-state index contributed by atoms with van der Waals surface area (Å²) in [6.45, 7) is 2.26. The number of benzene rings is 1. The monoisotopic (exact) mass is 356 g/mol. The zero-order valence-corrected chi connectivity index (χ0v) is 14.3. The van der Waals surface area contributed by atoms with Gasteiger partial charge in [0.25, 0.3) is 0 Å². The van der Waals surface area contributed by atoms with Crippen LogP contribution in [0.3, 0.4) is 0 Å². The molecule has 0 unspecified atom stereocenters. The smallest absolute Gasteiger partial charge is 0.313 e. The first kappa shape index (κ1) is 17.8. The number of carbonyl (C=O) groups excluding carboxylic acids is 2. The molecule has 1 saturated heterocycles. The van der Waals surface area contributed by atoms with E-state index < -0.39 is 17.6 Å². The molecule has 1 aromatic heterocycles. The number of amides is 2. The molecule has 0 bridgehead atoms. The summed E-state index contributed by atoms with van der Waals surface area (Å²) in [5.74, 6) is -1.63. The minimum Gasteiger partial charge on any atom is -0.371 e. The molecular weight excluding hydrogens is 335 g/mol. The van der Waals surface area contributed by atoms with Gasteiger partial charge >= 0.3 is 11.8 Å². The predicted octanol–water partition coefficient (Wildman–Crippen LogP) is 2.19. The van der Waals surface area contributed by atoms with Crippen LogP contribution in [0.2, 0.25) is 0 Å². The number of carbonyl (C=O) groups is 2. The third-order valence-electron chi connectivity index (χ3n) is 4.48. The number of hydrogen-bond donors (Lipinski definition) is 2. The topological polar surface area (TPSA) is 74.3 Å². The zero-order chi connectivity index (χ0) is 18.4. The summed E-state index contributed by atoms with van der Waals surface area (Å²) in [6.07, 6.45) is 5.43. The number of nitrogens with zero attached hydrogens (tertiary/aromatic N) is 2. The second-order valence-electron chi connectivity index (χ2n) is 6.31. The molecule has 2 N–H and O–H groups in total. The standard InChI is InChI=1S/C19H21FN4O2/c20-15-2-1-3-16(12-15)23-19(26)18(25)22-13-14-6-10-24(11-7-14)17-4-8-21-9-5-17/h1-5,8-9,12,14H,6-7,10-11,13H2,(H,22,25)(H,23,26). The highest BCUT2D eigenvalue weighted by molar-refractivity contribution is 6.39. The van der Waals surface area contributed by atoms with Gasteiger partial charge in [-0.3, -0.25) is 14.6 Å². The number of aromatic nitrogens is 1. The normalized spacial score (nSPS) is 14.7. The predicted molar refractivity (Wildman–Crippen MR) is 97.2 cm³/mol. The summed E-state index contributed by atoms with van der Waals surface area (Å²) < 4.78 is 13.1. The average molecular weight is 356 g/mol. The van der Waals surface area contributed by atoms with E-state index in [0.717, 1.165) is 31.6 Å². The molecule has 1 aromatic carbocycles. The van der Waals surface area contributed by atoms with Crippen LogP contribution in [-0.4, -0.2) is 36.4 Å². The maximum atomic E-state index is 13.1. The molecule has 136 valence electrons. The molecule has 26 heavy (non-hydrogen) atoms. The quantitative estimate of drug-likeness (QED) is 0.824. The Kier molecular flexibility index (Phi) is 5.78. The highest BCUT2D eigenvalue weighted by atomic mass is 19.1. The Bertz CT molecular complexity index is 761. The van der Waals surface area contributed by atoms with E-state index >= 15 is 0 Å². The van der Waals surface area contributed by atoms with Crippen molar-refractivity contribution in [3.8, 4) is 0 Å². The number of nitrogens with one attached hydrogen (secondary N) is 2. The van der Waals surface area contributed by atoms with Crippen LogP contribution in [0.4, 0.5) is 15.8 Å². The summed E-state index contributed by atoms with van der Waals surface area (Å²) in [7, 11) is 0. The van der Waals surface area contributed by atoms with Crippen molar-refractivity contribution in [2.45, 2.75) is 12.8 Å². The average Bonchev–Trinajstić information content (AvgIpc) is 2.67. The lowest BCUT2D eigenvalue weighted by molar-refractivity contribution is -0.136. The van der Waals surface area contributed by atoms with E-state index in [9.17, 15) is 14.0 Å². The van der Waals surface area contributed by atoms with Gasteiger partial charge in [0.15, 0.2) is 0 Å². The van der Waals surface area contributed by atoms with Gasteiger partial charge in [-0.1, -0.05) is 6.07 Å². The van der Waals surface area contributed by atoms with Crippen LogP contribution >= 0.6 is 0 Å². The maximum absolute atomic E-state index is 13.1. The van der Waals surface area contributed by atoms with Crippen LogP contribution in [0.15, 0.2) is 48.8 Å². The molecule has 3 rings (SSSR count). The van der Waals surface area contributed by atoms with Crippen LogP contribution in [-0.2, 0) is 9.59 Å². The molecule has 6 nitrogen and oxygen atoms in total. The molecule has 0 spiro atoms. The molecule has 2 amide bonds. The molecule has 2 heterocycles. The first-order valence-corrected chi connectivity index (χ1v) is 8.61. The van der Waals surface area contributed by atoms with Gasteiger partial charge in [0.2, 0.25) is 0 Å². The summed E-state index contributed by atoms with van der Waals surface area (Å²) in [4.78, 5) is 30.1. The number of pyridine rings is 1. The Morgan fingerprint density at radius 3 is 2.54 bits per heavy atom. The molecule has 7 heteroatoms. The lowest BCUT2D eigenvalue weighted by Gasteiger charge is -2.33. The molecule has 1 aliphatic heterocycles. The van der Waals surface area contributed by atoms with Crippen LogP contribution in [0.1, 0.15) is 12.8 Å². The van der Waals surface area contributed by atoms with E-state index in [1.54, 1.807) is 12.4 Å². The molecule has 0 radical (unpaired) electrons. The second kappa shape index (κ2) is 8.42. The van der Waals surface area contributed by atoms with Crippen molar-refractivity contribution < 1.29 is 14.0 Å². The van der Waals surface area contributed by atoms with E-state index in [1.165, 1.54) is 24.3 Å². The van der Waals surface area contributed by atoms with Gasteiger partial charge in [0.05, 0.1) is 0 Å². The molecule has 0 saturated carbocycles. The van der Waals surface area contributed by atoms with Crippen molar-refractivity contribution in [1.82, 2.24) is 10.3 Å². The fourth-order valence-corrected chi connectivity index (χ4v) is 3.02. The van der Waals surface area contributed by atoms with Gasteiger partial charge in [-0.2, -0.15) is 0 Å². The van der Waals surface area contributed by atoms with Crippen molar-refractivity contribution in [2.24, 2.45) is 5.92 Å². The first-order valence-electron chi connectivity index (χ1n) is 8.61. The van der Waals surface area contributed by atoms with E-state index in [2.05, 4.69) is 20.5 Å². The largest absolute Gasteiger partial charge is 0.371 e. The van der Waals surface area contributed by atoms with Crippen LogP contribution < -0.4 is 15.5 Å². The third kappa shape index (κ3) is 4.78. The highest BCUT2D eigenvalue weighted by Gasteiger charge is 2.21. The molecule has 1 aliphatic rings. The van der Waals surface area contributed by atoms with Crippen molar-refractivity contribution >= 4 is 23.2 Å². The number of piperidine rings is 1.